The number of hydrogen-bond acceptors (Lipinski definition) is 0. The molecule has 0 amide bonds. The van der Waals surface area contributed by atoms with E-state index in [9.17, 15) is 0 Å². The largest absolute Gasteiger partial charge is 0.309 e. The van der Waals surface area contributed by atoms with Crippen LogP contribution in [0.5, 0.6) is 0 Å². The van der Waals surface area contributed by atoms with Crippen LogP contribution in [0.25, 0.3) is 77.2 Å². The summed E-state index contributed by atoms with van der Waals surface area (Å²) in [5, 5.41) is 10.4. The topological polar surface area (TPSA) is 9.86 Å². The first-order valence-corrected chi connectivity index (χ1v) is 23.8. The van der Waals surface area contributed by atoms with Crippen LogP contribution in [-0.2, 0) is 0 Å². The smallest absolute Gasteiger partial charge is 0.181 e. The lowest BCUT2D eigenvalue weighted by Crippen LogP contribution is -2.75. The number of para-hydroxylation sites is 3. The Morgan fingerprint density at radius 1 is 0.270 bits per heavy atom. The quantitative estimate of drug-likeness (QED) is 0.107. The summed E-state index contributed by atoms with van der Waals surface area (Å²) >= 11 is 0. The molecule has 296 valence electrons. The molecular formula is C60H42N2Si. The molecule has 0 radical (unpaired) electrons. The zero-order valence-electron chi connectivity index (χ0n) is 34.6. The van der Waals surface area contributed by atoms with Crippen LogP contribution < -0.4 is 20.7 Å². The molecule has 12 aromatic rings. The highest BCUT2D eigenvalue weighted by Gasteiger charge is 2.43. The predicted octanol–water partition coefficient (Wildman–Crippen LogP) is 12.6. The first kappa shape index (κ1) is 36.8. The van der Waals surface area contributed by atoms with Crippen molar-refractivity contribution in [2.24, 2.45) is 0 Å². The standard InChI is InChI=1S/C60H42N2Si/c1-6-21-43(22-7-1)45-25-18-26-46(41-45)61-56-37-17-16-33-52(56)55-42-47(39-40-57(55)61)62-59-51(44-23-8-2-9-24-44)34-19-35-53(59)54-36-20-38-58(60(54)62)63(48-27-10-3-11-28-48,49-29-12-4-13-30-49)50-31-14-5-15-32-50/h1-42H. The van der Waals surface area contributed by atoms with Crippen molar-refractivity contribution in [1.29, 1.82) is 0 Å². The fourth-order valence-electron chi connectivity index (χ4n) is 10.4. The number of nitrogens with zero attached hydrogens (tertiary/aromatic N) is 2. The summed E-state index contributed by atoms with van der Waals surface area (Å²) in [5.74, 6) is 0. The Morgan fingerprint density at radius 2 is 0.746 bits per heavy atom. The highest BCUT2D eigenvalue weighted by Crippen LogP contribution is 2.41. The van der Waals surface area contributed by atoms with Crippen LogP contribution >= 0.6 is 0 Å². The van der Waals surface area contributed by atoms with Crippen LogP contribution in [0.2, 0.25) is 0 Å². The zero-order valence-corrected chi connectivity index (χ0v) is 35.6. The van der Waals surface area contributed by atoms with Gasteiger partial charge in [0.25, 0.3) is 0 Å². The van der Waals surface area contributed by atoms with Crippen LogP contribution in [0, 0.1) is 0 Å². The molecule has 0 aliphatic rings. The van der Waals surface area contributed by atoms with Crippen molar-refractivity contribution < 1.29 is 0 Å². The van der Waals surface area contributed by atoms with Gasteiger partial charge in [0.15, 0.2) is 8.07 Å². The Balaban J connectivity index is 1.22. The SMILES string of the molecule is c1ccc(-c2cccc(-n3c4ccccc4c4cc(-n5c6c(-c7ccccc7)cccc6c6cccc([Si](c7ccccc7)(c7ccccc7)c7ccccc7)c65)ccc43)c2)cc1. The van der Waals surface area contributed by atoms with Crippen molar-refractivity contribution in [2.45, 2.75) is 0 Å². The maximum absolute atomic E-state index is 2.98. The van der Waals surface area contributed by atoms with Crippen molar-refractivity contribution in [1.82, 2.24) is 9.13 Å². The van der Waals surface area contributed by atoms with Crippen molar-refractivity contribution in [2.75, 3.05) is 0 Å². The summed E-state index contributed by atoms with van der Waals surface area (Å²) in [6.07, 6.45) is 0. The predicted molar refractivity (Wildman–Crippen MR) is 270 cm³/mol. The van der Waals surface area contributed by atoms with Gasteiger partial charge < -0.3 is 9.13 Å². The Morgan fingerprint density at radius 3 is 1.40 bits per heavy atom. The zero-order chi connectivity index (χ0) is 41.7. The molecule has 0 aliphatic heterocycles. The van der Waals surface area contributed by atoms with Gasteiger partial charge in [0, 0.05) is 38.5 Å². The molecule has 0 spiro atoms. The van der Waals surface area contributed by atoms with E-state index in [0.717, 1.165) is 11.4 Å². The highest BCUT2D eigenvalue weighted by atomic mass is 28.3. The van der Waals surface area contributed by atoms with Gasteiger partial charge in [-0.3, -0.25) is 0 Å². The van der Waals surface area contributed by atoms with Gasteiger partial charge in [-0.15, -0.1) is 0 Å². The van der Waals surface area contributed by atoms with E-state index in [2.05, 4.69) is 264 Å². The summed E-state index contributed by atoms with van der Waals surface area (Å²) in [5.41, 5.74) is 11.9. The molecule has 0 aliphatic carbocycles. The summed E-state index contributed by atoms with van der Waals surface area (Å²) in [7, 11) is -2.98. The number of rotatable bonds is 8. The molecular weight excluding hydrogens is 777 g/mol. The maximum atomic E-state index is 2.61. The van der Waals surface area contributed by atoms with Gasteiger partial charge in [-0.25, -0.2) is 0 Å². The van der Waals surface area contributed by atoms with Crippen molar-refractivity contribution in [3.63, 3.8) is 0 Å². The van der Waals surface area contributed by atoms with E-state index in [-0.39, 0.29) is 0 Å². The number of fused-ring (bicyclic) bond motifs is 6. The van der Waals surface area contributed by atoms with Crippen molar-refractivity contribution >= 4 is 72.4 Å². The number of aromatic nitrogens is 2. The van der Waals surface area contributed by atoms with E-state index < -0.39 is 8.07 Å². The molecule has 0 atom stereocenters. The van der Waals surface area contributed by atoms with Crippen molar-refractivity contribution in [3.8, 4) is 33.6 Å². The van der Waals surface area contributed by atoms with Gasteiger partial charge in [0.1, 0.15) is 0 Å². The molecule has 0 unspecified atom stereocenters. The second-order valence-corrected chi connectivity index (χ2v) is 20.2. The second kappa shape index (κ2) is 15.2. The van der Waals surface area contributed by atoms with E-state index in [1.807, 2.05) is 0 Å². The van der Waals surface area contributed by atoms with Gasteiger partial charge in [-0.05, 0) is 73.8 Å². The van der Waals surface area contributed by atoms with Crippen LogP contribution in [0.3, 0.4) is 0 Å². The molecule has 0 fully saturated rings. The Bertz CT molecular complexity index is 3500. The second-order valence-electron chi connectivity index (χ2n) is 16.4. The Hall–Kier alpha value is -7.98. The van der Waals surface area contributed by atoms with E-state index in [1.165, 1.54) is 86.6 Å². The molecule has 10 aromatic carbocycles. The molecule has 0 saturated heterocycles. The summed E-state index contributed by atoms with van der Waals surface area (Å²) in [4.78, 5) is 0. The van der Waals surface area contributed by atoms with Crippen LogP contribution in [0.15, 0.2) is 255 Å². The third kappa shape index (κ3) is 5.85. The number of hydrogen-bond donors (Lipinski definition) is 0. The van der Waals surface area contributed by atoms with E-state index in [0.29, 0.717) is 0 Å². The molecule has 3 heteroatoms. The fourth-order valence-corrected chi connectivity index (χ4v) is 15.3. The molecule has 2 nitrogen and oxygen atoms in total. The normalized spacial score (nSPS) is 11.8. The van der Waals surface area contributed by atoms with Gasteiger partial charge in [0.05, 0.1) is 22.1 Å². The number of benzene rings is 10. The van der Waals surface area contributed by atoms with Gasteiger partial charge >= 0.3 is 0 Å². The van der Waals surface area contributed by atoms with E-state index in [1.54, 1.807) is 0 Å². The monoisotopic (exact) mass is 818 g/mol. The van der Waals surface area contributed by atoms with Gasteiger partial charge in [0.2, 0.25) is 0 Å². The third-order valence-corrected chi connectivity index (χ3v) is 17.9. The Labute approximate surface area is 368 Å². The third-order valence-electron chi connectivity index (χ3n) is 13.0. The average Bonchev–Trinajstić information content (AvgIpc) is 3.89. The lowest BCUT2D eigenvalue weighted by molar-refractivity contribution is 1.17. The Kier molecular flexibility index (Phi) is 8.87. The summed E-state index contributed by atoms with van der Waals surface area (Å²) < 4.78 is 5.05. The lowest BCUT2D eigenvalue weighted by atomic mass is 10.0. The molecule has 0 saturated carbocycles. The first-order valence-electron chi connectivity index (χ1n) is 21.8. The molecule has 2 heterocycles. The van der Waals surface area contributed by atoms with Gasteiger partial charge in [-0.1, -0.05) is 218 Å². The molecule has 0 bridgehead atoms. The molecule has 0 N–H and O–H groups in total. The average molecular weight is 819 g/mol. The molecule has 2 aromatic heterocycles. The molecule has 63 heavy (non-hydrogen) atoms. The minimum absolute atomic E-state index is 1.14. The highest BCUT2D eigenvalue weighted by molar-refractivity contribution is 7.20. The van der Waals surface area contributed by atoms with Gasteiger partial charge in [-0.2, -0.15) is 0 Å². The van der Waals surface area contributed by atoms with E-state index >= 15 is 0 Å². The van der Waals surface area contributed by atoms with Crippen molar-refractivity contribution in [3.05, 3.63) is 255 Å². The van der Waals surface area contributed by atoms with Crippen LogP contribution in [0.1, 0.15) is 0 Å². The minimum Gasteiger partial charge on any atom is -0.309 e. The first-order chi connectivity index (χ1) is 31.3. The summed E-state index contributed by atoms with van der Waals surface area (Å²) in [6.45, 7) is 0. The lowest BCUT2D eigenvalue weighted by Gasteiger charge is -2.35. The maximum Gasteiger partial charge on any atom is 0.181 e. The van der Waals surface area contributed by atoms with Crippen LogP contribution in [0.4, 0.5) is 0 Å². The molecule has 12 rings (SSSR count). The van der Waals surface area contributed by atoms with E-state index in [4.69, 9.17) is 0 Å². The summed E-state index contributed by atoms with van der Waals surface area (Å²) in [6, 6.07) is 94.4. The fraction of sp³-hybridized carbons (Fsp3) is 0. The minimum atomic E-state index is -2.98. The van der Waals surface area contributed by atoms with Crippen LogP contribution in [-0.4, -0.2) is 17.2 Å².